The number of carbonyl (C=O) groups excluding carboxylic acids is 2. The number of benzene rings is 2. The number of halogens is 6. The zero-order chi connectivity index (χ0) is 26.1. The minimum Gasteiger partial charge on any atom is -0.336 e. The van der Waals surface area contributed by atoms with Crippen LogP contribution in [0.4, 0.5) is 26.3 Å². The number of piperazine rings is 1. The molecule has 1 aliphatic heterocycles. The molecule has 0 bridgehead atoms. The van der Waals surface area contributed by atoms with Crippen molar-refractivity contribution in [2.75, 3.05) is 26.2 Å². The summed E-state index contributed by atoms with van der Waals surface area (Å²) in [5, 5.41) is 1.54. The predicted molar refractivity (Wildman–Crippen MR) is 117 cm³/mol. The SMILES string of the molecule is O=C(NN1CCN(C(=O)/C=C/c2cccc(C(F)(F)F)c2)CC1)c1ccc2ncn(C(F)(F)F)c2c1. The smallest absolute Gasteiger partial charge is 0.336 e. The highest BCUT2D eigenvalue weighted by Gasteiger charge is 2.32. The maximum absolute atomic E-state index is 13.1. The Morgan fingerprint density at radius 1 is 0.944 bits per heavy atom. The average molecular weight is 511 g/mol. The number of alkyl halides is 6. The zero-order valence-corrected chi connectivity index (χ0v) is 18.5. The summed E-state index contributed by atoms with van der Waals surface area (Å²) in [6, 6.07) is 8.37. The number of nitrogens with one attached hydrogen (secondary N) is 1. The fourth-order valence-corrected chi connectivity index (χ4v) is 3.69. The van der Waals surface area contributed by atoms with Crippen LogP contribution in [0.5, 0.6) is 0 Å². The molecule has 2 aromatic carbocycles. The Bertz CT molecular complexity index is 1310. The van der Waals surface area contributed by atoms with Gasteiger partial charge in [-0.25, -0.2) is 14.6 Å². The summed E-state index contributed by atoms with van der Waals surface area (Å²) in [5.74, 6) is -1.01. The number of rotatable bonds is 4. The summed E-state index contributed by atoms with van der Waals surface area (Å²) in [6.07, 6.45) is -6.04. The molecule has 1 fully saturated rings. The Kier molecular flexibility index (Phi) is 6.76. The van der Waals surface area contributed by atoms with Crippen molar-refractivity contribution in [2.45, 2.75) is 12.5 Å². The lowest BCUT2D eigenvalue weighted by molar-refractivity contribution is -0.201. The molecule has 190 valence electrons. The molecular formula is C23H19F6N5O2. The second kappa shape index (κ2) is 9.64. The van der Waals surface area contributed by atoms with Crippen LogP contribution in [0.15, 0.2) is 54.9 Å². The number of fused-ring (bicyclic) bond motifs is 1. The maximum atomic E-state index is 13.1. The Labute approximate surface area is 200 Å². The highest BCUT2D eigenvalue weighted by Crippen LogP contribution is 2.30. The molecule has 4 rings (SSSR count). The topological polar surface area (TPSA) is 70.5 Å². The van der Waals surface area contributed by atoms with E-state index in [1.54, 1.807) is 0 Å². The normalized spacial score (nSPS) is 15.6. The van der Waals surface area contributed by atoms with Gasteiger partial charge in [0.1, 0.15) is 6.33 Å². The first-order chi connectivity index (χ1) is 16.9. The van der Waals surface area contributed by atoms with Gasteiger partial charge in [-0.3, -0.25) is 15.0 Å². The monoisotopic (exact) mass is 511 g/mol. The van der Waals surface area contributed by atoms with Gasteiger partial charge in [0.25, 0.3) is 5.91 Å². The molecule has 1 saturated heterocycles. The highest BCUT2D eigenvalue weighted by molar-refractivity contribution is 5.97. The van der Waals surface area contributed by atoms with Crippen molar-refractivity contribution in [3.05, 3.63) is 71.6 Å². The second-order valence-corrected chi connectivity index (χ2v) is 8.00. The van der Waals surface area contributed by atoms with Gasteiger partial charge in [0.2, 0.25) is 5.91 Å². The van der Waals surface area contributed by atoms with E-state index in [-0.39, 0.29) is 52.9 Å². The number of hydrogen-bond acceptors (Lipinski definition) is 4. The minimum absolute atomic E-state index is 0.0102. The molecule has 0 radical (unpaired) electrons. The lowest BCUT2D eigenvalue weighted by atomic mass is 10.1. The summed E-state index contributed by atoms with van der Waals surface area (Å²) in [5.41, 5.74) is 1.87. The number of amides is 2. The molecule has 1 aromatic heterocycles. The molecule has 1 aliphatic rings. The average Bonchev–Trinajstić information content (AvgIpc) is 3.26. The molecule has 2 heterocycles. The summed E-state index contributed by atoms with van der Waals surface area (Å²) < 4.78 is 77.8. The minimum atomic E-state index is -4.68. The van der Waals surface area contributed by atoms with Crippen LogP contribution in [-0.2, 0) is 17.3 Å². The van der Waals surface area contributed by atoms with E-state index in [1.807, 2.05) is 0 Å². The van der Waals surface area contributed by atoms with E-state index in [2.05, 4.69) is 10.4 Å². The molecule has 1 N–H and O–H groups in total. The van der Waals surface area contributed by atoms with E-state index in [9.17, 15) is 35.9 Å². The van der Waals surface area contributed by atoms with E-state index in [0.717, 1.165) is 18.2 Å². The number of imidazole rings is 1. The van der Waals surface area contributed by atoms with Crippen molar-refractivity contribution in [3.63, 3.8) is 0 Å². The molecule has 3 aromatic rings. The van der Waals surface area contributed by atoms with Crippen molar-refractivity contribution in [2.24, 2.45) is 0 Å². The van der Waals surface area contributed by atoms with Crippen molar-refractivity contribution in [3.8, 4) is 0 Å². The quantitative estimate of drug-likeness (QED) is 0.424. The van der Waals surface area contributed by atoms with Gasteiger partial charge in [-0.05, 0) is 42.0 Å². The van der Waals surface area contributed by atoms with Crippen LogP contribution in [0.3, 0.4) is 0 Å². The van der Waals surface area contributed by atoms with Crippen LogP contribution in [0.2, 0.25) is 0 Å². The van der Waals surface area contributed by atoms with E-state index >= 15 is 0 Å². The summed E-state index contributed by atoms with van der Waals surface area (Å²) in [7, 11) is 0. The van der Waals surface area contributed by atoms with Crippen LogP contribution >= 0.6 is 0 Å². The van der Waals surface area contributed by atoms with Crippen molar-refractivity contribution in [1.82, 2.24) is 24.9 Å². The molecule has 7 nitrogen and oxygen atoms in total. The van der Waals surface area contributed by atoms with Gasteiger partial charge in [-0.1, -0.05) is 12.1 Å². The van der Waals surface area contributed by atoms with Gasteiger partial charge in [0, 0.05) is 37.8 Å². The van der Waals surface area contributed by atoms with E-state index in [1.165, 1.54) is 46.3 Å². The highest BCUT2D eigenvalue weighted by atomic mass is 19.4. The third-order valence-corrected chi connectivity index (χ3v) is 5.57. The van der Waals surface area contributed by atoms with Crippen LogP contribution in [0.25, 0.3) is 17.1 Å². The molecule has 0 saturated carbocycles. The summed E-state index contributed by atoms with van der Waals surface area (Å²) in [6.45, 7) is 0.951. The maximum Gasteiger partial charge on any atom is 0.490 e. The molecular weight excluding hydrogens is 492 g/mol. The van der Waals surface area contributed by atoms with Gasteiger partial charge in [0.15, 0.2) is 0 Å². The lowest BCUT2D eigenvalue weighted by Gasteiger charge is -2.34. The van der Waals surface area contributed by atoms with Crippen molar-refractivity contribution >= 4 is 28.9 Å². The first-order valence-corrected chi connectivity index (χ1v) is 10.7. The number of hydrogen-bond donors (Lipinski definition) is 1. The van der Waals surface area contributed by atoms with Gasteiger partial charge in [-0.15, -0.1) is 13.2 Å². The largest absolute Gasteiger partial charge is 0.490 e. The number of nitrogens with zero attached hydrogens (tertiary/aromatic N) is 4. The molecule has 0 spiro atoms. The van der Waals surface area contributed by atoms with E-state index in [0.29, 0.717) is 6.33 Å². The lowest BCUT2D eigenvalue weighted by Crippen LogP contribution is -2.54. The number of aromatic nitrogens is 2. The van der Waals surface area contributed by atoms with Crippen molar-refractivity contribution in [1.29, 1.82) is 0 Å². The fraction of sp³-hybridized carbons (Fsp3) is 0.261. The van der Waals surface area contributed by atoms with Crippen LogP contribution in [0.1, 0.15) is 21.5 Å². The fourth-order valence-electron chi connectivity index (χ4n) is 3.69. The second-order valence-electron chi connectivity index (χ2n) is 8.00. The van der Waals surface area contributed by atoms with Crippen LogP contribution in [0, 0.1) is 0 Å². The predicted octanol–water partition coefficient (Wildman–Crippen LogP) is 4.03. The third-order valence-electron chi connectivity index (χ3n) is 5.57. The summed E-state index contributed by atoms with van der Waals surface area (Å²) >= 11 is 0. The van der Waals surface area contributed by atoms with E-state index < -0.39 is 29.9 Å². The first-order valence-electron chi connectivity index (χ1n) is 10.7. The Morgan fingerprint density at radius 2 is 1.67 bits per heavy atom. The number of hydrazine groups is 1. The van der Waals surface area contributed by atoms with Crippen molar-refractivity contribution < 1.29 is 35.9 Å². The summed E-state index contributed by atoms with van der Waals surface area (Å²) in [4.78, 5) is 30.2. The Balaban J connectivity index is 1.33. The standard InChI is InChI=1S/C23H19F6N5O2/c24-22(25,26)17-3-1-2-15(12-17)4-7-20(35)32-8-10-33(11-9-32)31-21(36)16-5-6-18-19(13-16)34(14-30-18)23(27,28)29/h1-7,12-14H,8-11H2,(H,31,36)/b7-4+. The Morgan fingerprint density at radius 3 is 2.33 bits per heavy atom. The molecule has 2 amide bonds. The molecule has 13 heteroatoms. The Hall–Kier alpha value is -3.87. The van der Waals surface area contributed by atoms with Gasteiger partial charge in [0.05, 0.1) is 16.6 Å². The van der Waals surface area contributed by atoms with E-state index in [4.69, 9.17) is 0 Å². The van der Waals surface area contributed by atoms with Gasteiger partial charge < -0.3 is 4.90 Å². The van der Waals surface area contributed by atoms with Crippen LogP contribution in [-0.4, -0.2) is 57.5 Å². The number of carbonyl (C=O) groups is 2. The van der Waals surface area contributed by atoms with Crippen LogP contribution < -0.4 is 5.43 Å². The zero-order valence-electron chi connectivity index (χ0n) is 18.5. The third kappa shape index (κ3) is 5.67. The van der Waals surface area contributed by atoms with Gasteiger partial charge >= 0.3 is 12.5 Å². The van der Waals surface area contributed by atoms with Gasteiger partial charge in [-0.2, -0.15) is 13.2 Å². The molecule has 36 heavy (non-hydrogen) atoms. The molecule has 0 unspecified atom stereocenters. The molecule has 0 atom stereocenters. The molecule has 0 aliphatic carbocycles. The first kappa shape index (κ1) is 25.2.